The number of rotatable bonds is 11. The molecule has 1 aromatic heterocycles. The van der Waals surface area contributed by atoms with Gasteiger partial charge >= 0.3 is 0 Å². The molecule has 0 aliphatic rings. The lowest BCUT2D eigenvalue weighted by atomic mass is 10.1. The van der Waals surface area contributed by atoms with Gasteiger partial charge in [0.1, 0.15) is 0 Å². The molecule has 2 aromatic carbocycles. The number of amides is 1. The predicted octanol–water partition coefficient (Wildman–Crippen LogP) is 5.33. The number of hydrogen-bond donors (Lipinski definition) is 0. The number of benzene rings is 2. The number of aryl methyl sites for hydroxylation is 2. The Bertz CT molecular complexity index is 1180. The van der Waals surface area contributed by atoms with Gasteiger partial charge in [0.05, 0.1) is 31.5 Å². The third-order valence-corrected chi connectivity index (χ3v) is 7.17. The number of hydrogen-bond acceptors (Lipinski definition) is 7. The molecule has 0 unspecified atom stereocenters. The molecule has 3 aromatic rings. The highest BCUT2D eigenvalue weighted by atomic mass is 32.1. The first-order valence-electron chi connectivity index (χ1n) is 11.7. The molecule has 3 rings (SSSR count). The first-order chi connectivity index (χ1) is 16.8. The van der Waals surface area contributed by atoms with Crippen molar-refractivity contribution in [3.63, 3.8) is 0 Å². The summed E-state index contributed by atoms with van der Waals surface area (Å²) in [5.74, 6) is 1.46. The topological polar surface area (TPSA) is 64.1 Å². The Hall–Kier alpha value is -3.10. The number of carbonyl (C=O) groups excluding carboxylic acids is 1. The maximum Gasteiger partial charge on any atom is 0.252 e. The number of methoxy groups -OCH3 is 3. The Morgan fingerprint density at radius 2 is 1.63 bits per heavy atom. The predicted molar refractivity (Wildman–Crippen MR) is 144 cm³/mol. The minimum Gasteiger partial charge on any atom is -0.493 e. The number of likely N-dealkylation sites (N-methyl/N-ethyl adjacent to an activating group) is 1. The van der Waals surface area contributed by atoms with Crippen LogP contribution in [0.1, 0.15) is 30.5 Å². The van der Waals surface area contributed by atoms with E-state index in [2.05, 4.69) is 44.7 Å². The van der Waals surface area contributed by atoms with E-state index < -0.39 is 0 Å². The van der Waals surface area contributed by atoms with Crippen LogP contribution in [0, 0.1) is 13.8 Å². The van der Waals surface area contributed by atoms with Crippen LogP contribution < -0.4 is 19.1 Å². The van der Waals surface area contributed by atoms with E-state index in [1.165, 1.54) is 5.56 Å². The summed E-state index contributed by atoms with van der Waals surface area (Å²) in [6.07, 6.45) is 3.34. The highest BCUT2D eigenvalue weighted by molar-refractivity contribution is 7.22. The van der Waals surface area contributed by atoms with Crippen LogP contribution in [-0.2, 0) is 4.79 Å². The lowest BCUT2D eigenvalue weighted by Gasteiger charge is -2.23. The summed E-state index contributed by atoms with van der Waals surface area (Å²) < 4.78 is 17.4. The Kier molecular flexibility index (Phi) is 9.12. The van der Waals surface area contributed by atoms with E-state index in [0.29, 0.717) is 28.9 Å². The zero-order valence-electron chi connectivity index (χ0n) is 21.7. The van der Waals surface area contributed by atoms with Crippen LogP contribution in [0.25, 0.3) is 16.3 Å². The summed E-state index contributed by atoms with van der Waals surface area (Å²) in [6, 6.07) is 7.85. The number of anilines is 1. The molecule has 0 fully saturated rings. The smallest absolute Gasteiger partial charge is 0.252 e. The molecule has 0 saturated carbocycles. The van der Waals surface area contributed by atoms with Crippen molar-refractivity contribution in [2.45, 2.75) is 27.7 Å². The molecule has 0 saturated heterocycles. The zero-order valence-corrected chi connectivity index (χ0v) is 22.5. The lowest BCUT2D eigenvalue weighted by molar-refractivity contribution is -0.114. The molecule has 1 amide bonds. The number of thiazole rings is 1. The average molecular weight is 498 g/mol. The van der Waals surface area contributed by atoms with Crippen LogP contribution in [0.3, 0.4) is 0 Å². The standard InChI is InChI=1S/C27H35N3O4S/c1-8-29(9-2)12-13-30(27-28-21-15-18(3)14-19(4)26(21)35-27)24(31)11-10-20-16-22(32-5)25(34-7)23(17-20)33-6/h10-11,14-17H,8-9,12-13H2,1-7H3. The summed E-state index contributed by atoms with van der Waals surface area (Å²) in [6.45, 7) is 11.6. The molecule has 7 nitrogen and oxygen atoms in total. The molecule has 0 radical (unpaired) electrons. The van der Waals surface area contributed by atoms with E-state index in [4.69, 9.17) is 19.2 Å². The molecule has 0 aliphatic carbocycles. The Morgan fingerprint density at radius 1 is 0.971 bits per heavy atom. The molecule has 188 valence electrons. The highest BCUT2D eigenvalue weighted by Crippen LogP contribution is 2.38. The van der Waals surface area contributed by atoms with Crippen LogP contribution in [0.5, 0.6) is 17.2 Å². The monoisotopic (exact) mass is 497 g/mol. The van der Waals surface area contributed by atoms with Crippen LogP contribution in [0.4, 0.5) is 5.13 Å². The Morgan fingerprint density at radius 3 is 2.20 bits per heavy atom. The lowest BCUT2D eigenvalue weighted by Crippen LogP contribution is -2.38. The van der Waals surface area contributed by atoms with E-state index in [9.17, 15) is 4.79 Å². The molecule has 0 aliphatic heterocycles. The minimum absolute atomic E-state index is 0.126. The SMILES string of the molecule is CCN(CC)CCN(C(=O)C=Cc1cc(OC)c(OC)c(OC)c1)c1nc2cc(C)cc(C)c2s1. The van der Waals surface area contributed by atoms with Gasteiger partial charge in [-0.3, -0.25) is 9.69 Å². The van der Waals surface area contributed by atoms with E-state index in [1.807, 2.05) is 12.1 Å². The van der Waals surface area contributed by atoms with Crippen molar-refractivity contribution < 1.29 is 19.0 Å². The maximum absolute atomic E-state index is 13.5. The van der Waals surface area contributed by atoms with Crippen LogP contribution in [-0.4, -0.2) is 63.3 Å². The minimum atomic E-state index is -0.126. The summed E-state index contributed by atoms with van der Waals surface area (Å²) in [5, 5.41) is 0.709. The molecular formula is C27H35N3O4S. The van der Waals surface area contributed by atoms with Crippen molar-refractivity contribution >= 4 is 38.7 Å². The van der Waals surface area contributed by atoms with Crippen molar-refractivity contribution in [2.75, 3.05) is 52.4 Å². The largest absolute Gasteiger partial charge is 0.493 e. The normalized spacial score (nSPS) is 11.4. The molecular weight excluding hydrogens is 462 g/mol. The molecule has 35 heavy (non-hydrogen) atoms. The van der Waals surface area contributed by atoms with E-state index >= 15 is 0 Å². The maximum atomic E-state index is 13.5. The quantitative estimate of drug-likeness (QED) is 0.334. The fraction of sp³-hybridized carbons (Fsp3) is 0.407. The highest BCUT2D eigenvalue weighted by Gasteiger charge is 2.20. The molecule has 0 spiro atoms. The first kappa shape index (κ1) is 26.5. The Labute approximate surface area is 211 Å². The van der Waals surface area contributed by atoms with Crippen LogP contribution in [0.15, 0.2) is 30.3 Å². The molecule has 0 N–H and O–H groups in total. The van der Waals surface area contributed by atoms with Gasteiger partial charge in [0.15, 0.2) is 16.6 Å². The van der Waals surface area contributed by atoms with Gasteiger partial charge in [-0.2, -0.15) is 0 Å². The average Bonchev–Trinajstić information content (AvgIpc) is 3.28. The van der Waals surface area contributed by atoms with Gasteiger partial charge in [0, 0.05) is 19.2 Å². The number of aromatic nitrogens is 1. The molecule has 8 heteroatoms. The van der Waals surface area contributed by atoms with Crippen molar-refractivity contribution in [3.05, 3.63) is 47.0 Å². The number of nitrogens with zero attached hydrogens (tertiary/aromatic N) is 3. The summed E-state index contributed by atoms with van der Waals surface area (Å²) in [4.78, 5) is 22.4. The van der Waals surface area contributed by atoms with Gasteiger partial charge in [0.25, 0.3) is 5.91 Å². The zero-order chi connectivity index (χ0) is 25.5. The van der Waals surface area contributed by atoms with Gasteiger partial charge in [-0.25, -0.2) is 4.98 Å². The van der Waals surface area contributed by atoms with Crippen molar-refractivity contribution in [2.24, 2.45) is 0 Å². The molecule has 0 atom stereocenters. The van der Waals surface area contributed by atoms with Gasteiger partial charge in [-0.05, 0) is 67.9 Å². The van der Waals surface area contributed by atoms with Crippen molar-refractivity contribution in [3.8, 4) is 17.2 Å². The second kappa shape index (κ2) is 12.0. The van der Waals surface area contributed by atoms with Crippen molar-refractivity contribution in [1.82, 2.24) is 9.88 Å². The number of fused-ring (bicyclic) bond motifs is 1. The number of carbonyl (C=O) groups is 1. The van der Waals surface area contributed by atoms with E-state index in [1.54, 1.807) is 49.7 Å². The van der Waals surface area contributed by atoms with Crippen LogP contribution in [0.2, 0.25) is 0 Å². The van der Waals surface area contributed by atoms with Crippen molar-refractivity contribution in [1.29, 1.82) is 0 Å². The van der Waals surface area contributed by atoms with Gasteiger partial charge in [-0.15, -0.1) is 0 Å². The third kappa shape index (κ3) is 6.13. The fourth-order valence-electron chi connectivity index (χ4n) is 4.02. The van der Waals surface area contributed by atoms with Gasteiger partial charge < -0.3 is 19.1 Å². The second-order valence-electron chi connectivity index (χ2n) is 8.24. The second-order valence-corrected chi connectivity index (χ2v) is 9.21. The van der Waals surface area contributed by atoms with Crippen LogP contribution >= 0.6 is 11.3 Å². The summed E-state index contributed by atoms with van der Waals surface area (Å²) in [7, 11) is 4.71. The first-order valence-corrected chi connectivity index (χ1v) is 12.6. The number of ether oxygens (including phenoxy) is 3. The molecule has 1 heterocycles. The fourth-order valence-corrected chi connectivity index (χ4v) is 5.06. The Balaban J connectivity index is 1.95. The summed E-state index contributed by atoms with van der Waals surface area (Å²) >= 11 is 1.56. The van der Waals surface area contributed by atoms with E-state index in [-0.39, 0.29) is 5.91 Å². The summed E-state index contributed by atoms with van der Waals surface area (Å²) in [5.41, 5.74) is 4.03. The van der Waals surface area contributed by atoms with Gasteiger partial charge in [-0.1, -0.05) is 31.3 Å². The van der Waals surface area contributed by atoms with Gasteiger partial charge in [0.2, 0.25) is 5.75 Å². The molecule has 0 bridgehead atoms. The third-order valence-electron chi connectivity index (χ3n) is 5.95. The van der Waals surface area contributed by atoms with E-state index in [0.717, 1.165) is 41.0 Å².